The van der Waals surface area contributed by atoms with Gasteiger partial charge in [-0.05, 0) is 19.9 Å². The first kappa shape index (κ1) is 14.3. The first-order valence-corrected chi connectivity index (χ1v) is 6.34. The Morgan fingerprint density at radius 1 is 1.30 bits per heavy atom. The third-order valence-electron chi connectivity index (χ3n) is 2.49. The average molecular weight is 297 g/mol. The highest BCUT2D eigenvalue weighted by Crippen LogP contribution is 2.32. The highest BCUT2D eigenvalue weighted by atomic mass is 35.5. The van der Waals surface area contributed by atoms with Crippen LogP contribution in [0.25, 0.3) is 11.3 Å². The number of hydrogen-bond donors (Lipinski definition) is 3. The van der Waals surface area contributed by atoms with Crippen molar-refractivity contribution in [2.45, 2.75) is 19.9 Å². The molecule has 0 aliphatic heterocycles. The van der Waals surface area contributed by atoms with E-state index >= 15 is 0 Å². The van der Waals surface area contributed by atoms with Crippen molar-refractivity contribution in [2.24, 2.45) is 0 Å². The summed E-state index contributed by atoms with van der Waals surface area (Å²) in [5.74, 6) is -0.448. The van der Waals surface area contributed by atoms with Crippen molar-refractivity contribution in [2.75, 3.05) is 11.1 Å². The third-order valence-corrected chi connectivity index (χ3v) is 2.80. The van der Waals surface area contributed by atoms with Crippen molar-refractivity contribution >= 4 is 23.4 Å². The topological polar surface area (TPSA) is 84.1 Å². The van der Waals surface area contributed by atoms with Gasteiger partial charge in [-0.1, -0.05) is 11.6 Å². The third kappa shape index (κ3) is 3.08. The number of halogens is 2. The van der Waals surface area contributed by atoms with Crippen molar-refractivity contribution in [3.8, 4) is 17.0 Å². The second-order valence-electron chi connectivity index (χ2n) is 4.58. The smallest absolute Gasteiger partial charge is 0.222 e. The fourth-order valence-electron chi connectivity index (χ4n) is 1.71. The molecule has 0 aliphatic carbocycles. The molecule has 20 heavy (non-hydrogen) atoms. The molecular weight excluding hydrogens is 283 g/mol. The monoisotopic (exact) mass is 296 g/mol. The molecule has 0 spiro atoms. The van der Waals surface area contributed by atoms with E-state index < -0.39 is 5.82 Å². The minimum atomic E-state index is -0.638. The summed E-state index contributed by atoms with van der Waals surface area (Å²) >= 11 is 5.79. The summed E-state index contributed by atoms with van der Waals surface area (Å²) in [5.41, 5.74) is 6.06. The summed E-state index contributed by atoms with van der Waals surface area (Å²) in [5, 5.41) is 12.5. The van der Waals surface area contributed by atoms with Gasteiger partial charge in [-0.2, -0.15) is 4.98 Å². The minimum absolute atomic E-state index is 0.0225. The van der Waals surface area contributed by atoms with Crippen LogP contribution < -0.4 is 11.1 Å². The molecule has 0 atom stereocenters. The normalized spacial score (nSPS) is 10.8. The number of benzene rings is 1. The summed E-state index contributed by atoms with van der Waals surface area (Å²) in [6.45, 7) is 3.88. The van der Waals surface area contributed by atoms with Crippen molar-refractivity contribution < 1.29 is 9.50 Å². The number of rotatable bonds is 3. The van der Waals surface area contributed by atoms with Crippen LogP contribution >= 0.6 is 11.6 Å². The van der Waals surface area contributed by atoms with Crippen LogP contribution in [0.15, 0.2) is 18.2 Å². The average Bonchev–Trinajstić information content (AvgIpc) is 2.32. The lowest BCUT2D eigenvalue weighted by atomic mass is 10.1. The molecule has 0 unspecified atom stereocenters. The van der Waals surface area contributed by atoms with Gasteiger partial charge in [-0.15, -0.1) is 0 Å². The fraction of sp³-hybridized carbons (Fsp3) is 0.231. The maximum absolute atomic E-state index is 13.9. The molecular formula is C13H14ClFN4O. The number of nitrogens with one attached hydrogen (secondary N) is 1. The van der Waals surface area contributed by atoms with Crippen LogP contribution in [0.4, 0.5) is 16.2 Å². The SMILES string of the molecule is CC(C)Nc1cc(-c2cc(Cl)c(O)cc2F)nc(N)n1. The van der Waals surface area contributed by atoms with Gasteiger partial charge in [0, 0.05) is 23.7 Å². The van der Waals surface area contributed by atoms with E-state index in [2.05, 4.69) is 15.3 Å². The number of anilines is 2. The van der Waals surface area contributed by atoms with Crippen LogP contribution in [-0.2, 0) is 0 Å². The van der Waals surface area contributed by atoms with Gasteiger partial charge in [-0.3, -0.25) is 0 Å². The first-order chi connectivity index (χ1) is 9.36. The molecule has 0 saturated heterocycles. The Kier molecular flexibility index (Phi) is 3.94. The summed E-state index contributed by atoms with van der Waals surface area (Å²) in [6.07, 6.45) is 0. The lowest BCUT2D eigenvalue weighted by Crippen LogP contribution is -2.12. The zero-order chi connectivity index (χ0) is 14.9. The molecule has 0 fully saturated rings. The number of nitrogens with zero attached hydrogens (tertiary/aromatic N) is 2. The zero-order valence-electron chi connectivity index (χ0n) is 11.0. The second-order valence-corrected chi connectivity index (χ2v) is 4.99. The number of phenolic OH excluding ortho intramolecular Hbond substituents is 1. The van der Waals surface area contributed by atoms with Gasteiger partial charge in [0.25, 0.3) is 0 Å². The summed E-state index contributed by atoms with van der Waals surface area (Å²) in [4.78, 5) is 8.01. The Morgan fingerprint density at radius 2 is 2.00 bits per heavy atom. The van der Waals surface area contributed by atoms with E-state index in [-0.39, 0.29) is 28.3 Å². The van der Waals surface area contributed by atoms with E-state index in [1.807, 2.05) is 13.8 Å². The molecule has 1 aromatic carbocycles. The molecule has 0 amide bonds. The number of nitrogen functional groups attached to an aromatic ring is 1. The molecule has 1 heterocycles. The van der Waals surface area contributed by atoms with Gasteiger partial charge in [0.1, 0.15) is 17.4 Å². The van der Waals surface area contributed by atoms with Gasteiger partial charge >= 0.3 is 0 Å². The molecule has 2 rings (SSSR count). The van der Waals surface area contributed by atoms with Crippen LogP contribution in [0, 0.1) is 5.82 Å². The Hall–Kier alpha value is -2.08. The number of aromatic nitrogens is 2. The van der Waals surface area contributed by atoms with E-state index in [0.717, 1.165) is 6.07 Å². The molecule has 0 radical (unpaired) electrons. The standard InChI is InChI=1S/C13H14ClFN4O/c1-6(2)17-12-5-10(18-13(16)19-12)7-3-8(14)11(20)4-9(7)15/h3-6,20H,1-2H3,(H3,16,17,18,19). The maximum atomic E-state index is 13.9. The van der Waals surface area contributed by atoms with Crippen LogP contribution in [-0.4, -0.2) is 21.1 Å². The van der Waals surface area contributed by atoms with Crippen molar-refractivity contribution in [1.29, 1.82) is 0 Å². The second kappa shape index (κ2) is 5.50. The van der Waals surface area contributed by atoms with Gasteiger partial charge in [0.05, 0.1) is 10.7 Å². The minimum Gasteiger partial charge on any atom is -0.506 e. The van der Waals surface area contributed by atoms with Crippen molar-refractivity contribution in [3.63, 3.8) is 0 Å². The fourth-order valence-corrected chi connectivity index (χ4v) is 1.87. The number of aromatic hydroxyl groups is 1. The zero-order valence-corrected chi connectivity index (χ0v) is 11.7. The molecule has 4 N–H and O–H groups in total. The summed E-state index contributed by atoms with van der Waals surface area (Å²) in [6, 6.07) is 3.95. The molecule has 0 saturated carbocycles. The molecule has 2 aromatic rings. The van der Waals surface area contributed by atoms with Crippen LogP contribution in [0.2, 0.25) is 5.02 Å². The van der Waals surface area contributed by atoms with Gasteiger partial charge in [0.2, 0.25) is 5.95 Å². The van der Waals surface area contributed by atoms with Crippen LogP contribution in [0.5, 0.6) is 5.75 Å². The maximum Gasteiger partial charge on any atom is 0.222 e. The predicted molar refractivity (Wildman–Crippen MR) is 77.3 cm³/mol. The quantitative estimate of drug-likeness (QED) is 0.811. The summed E-state index contributed by atoms with van der Waals surface area (Å²) in [7, 11) is 0. The Balaban J connectivity index is 2.52. The predicted octanol–water partition coefficient (Wildman–Crippen LogP) is 3.04. The number of nitrogens with two attached hydrogens (primary N) is 1. The molecule has 1 aromatic heterocycles. The number of hydrogen-bond acceptors (Lipinski definition) is 5. The van der Waals surface area contributed by atoms with Crippen LogP contribution in [0.1, 0.15) is 13.8 Å². The molecule has 0 aliphatic rings. The highest BCUT2D eigenvalue weighted by molar-refractivity contribution is 6.32. The lowest BCUT2D eigenvalue weighted by Gasteiger charge is -2.11. The lowest BCUT2D eigenvalue weighted by molar-refractivity contribution is 0.469. The van der Waals surface area contributed by atoms with Crippen molar-refractivity contribution in [3.05, 3.63) is 29.0 Å². The van der Waals surface area contributed by atoms with E-state index in [9.17, 15) is 9.50 Å². The molecule has 7 heteroatoms. The molecule has 0 bridgehead atoms. The van der Waals surface area contributed by atoms with Gasteiger partial charge < -0.3 is 16.2 Å². The first-order valence-electron chi connectivity index (χ1n) is 5.96. The number of phenols is 1. The van der Waals surface area contributed by atoms with E-state index in [4.69, 9.17) is 17.3 Å². The Bertz CT molecular complexity index is 649. The van der Waals surface area contributed by atoms with E-state index in [1.165, 1.54) is 6.07 Å². The van der Waals surface area contributed by atoms with Crippen molar-refractivity contribution in [1.82, 2.24) is 9.97 Å². The highest BCUT2D eigenvalue weighted by Gasteiger charge is 2.13. The van der Waals surface area contributed by atoms with Gasteiger partial charge in [-0.25, -0.2) is 9.37 Å². The largest absolute Gasteiger partial charge is 0.506 e. The molecule has 5 nitrogen and oxygen atoms in total. The van der Waals surface area contributed by atoms with Crippen LogP contribution in [0.3, 0.4) is 0 Å². The van der Waals surface area contributed by atoms with Gasteiger partial charge in [0.15, 0.2) is 0 Å². The Morgan fingerprint density at radius 3 is 2.65 bits per heavy atom. The van der Waals surface area contributed by atoms with E-state index in [0.29, 0.717) is 11.5 Å². The Labute approximate surface area is 120 Å². The van der Waals surface area contributed by atoms with E-state index in [1.54, 1.807) is 6.07 Å². The molecule has 106 valence electrons. The summed E-state index contributed by atoms with van der Waals surface area (Å²) < 4.78 is 13.9.